The fourth-order valence-corrected chi connectivity index (χ4v) is 3.61. The Labute approximate surface area is 125 Å². The second-order valence-corrected chi connectivity index (χ2v) is 7.70. The molecule has 0 aromatic carbocycles. The summed E-state index contributed by atoms with van der Waals surface area (Å²) in [5, 5.41) is 9.29. The Balaban J connectivity index is 3.09. The van der Waals surface area contributed by atoms with E-state index >= 15 is 0 Å². The minimum absolute atomic E-state index is 0.0600. The number of nitrogens with zero attached hydrogens (tertiary/aromatic N) is 1. The minimum Gasteiger partial charge on any atom is -0.480 e. The van der Waals surface area contributed by atoms with Gasteiger partial charge in [-0.3, -0.25) is 4.79 Å². The molecule has 5 nitrogen and oxygen atoms in total. The monoisotopic (exact) mass is 302 g/mol. The number of thioether (sulfide) groups is 1. The van der Waals surface area contributed by atoms with Gasteiger partial charge in [0.05, 0.1) is 10.8 Å². The molecule has 0 radical (unpaired) electrons. The van der Waals surface area contributed by atoms with Crippen molar-refractivity contribution < 1.29 is 14.7 Å². The Morgan fingerprint density at radius 1 is 1.35 bits per heavy atom. The van der Waals surface area contributed by atoms with E-state index in [0.717, 1.165) is 12.8 Å². The van der Waals surface area contributed by atoms with Gasteiger partial charge in [-0.15, -0.1) is 11.8 Å². The van der Waals surface area contributed by atoms with Crippen molar-refractivity contribution in [1.82, 2.24) is 4.90 Å². The van der Waals surface area contributed by atoms with Crippen LogP contribution < -0.4 is 5.73 Å². The predicted molar refractivity (Wildman–Crippen MR) is 81.5 cm³/mol. The average molecular weight is 302 g/mol. The maximum Gasteiger partial charge on any atom is 0.327 e. The van der Waals surface area contributed by atoms with E-state index in [0.29, 0.717) is 5.75 Å². The van der Waals surface area contributed by atoms with Crippen LogP contribution >= 0.6 is 11.8 Å². The summed E-state index contributed by atoms with van der Waals surface area (Å²) in [6.45, 7) is 9.23. The molecule has 1 aliphatic rings. The summed E-state index contributed by atoms with van der Waals surface area (Å²) in [4.78, 5) is 25.8. The molecule has 2 unspecified atom stereocenters. The van der Waals surface area contributed by atoms with Crippen molar-refractivity contribution in [2.24, 2.45) is 11.1 Å². The lowest BCUT2D eigenvalue weighted by Gasteiger charge is -2.42. The molecule has 1 rings (SSSR count). The van der Waals surface area contributed by atoms with Crippen molar-refractivity contribution in [2.45, 2.75) is 64.4 Å². The van der Waals surface area contributed by atoms with Gasteiger partial charge in [-0.1, -0.05) is 13.3 Å². The zero-order valence-electron chi connectivity index (χ0n) is 13.0. The number of aliphatic carboxylic acids is 1. The van der Waals surface area contributed by atoms with Gasteiger partial charge < -0.3 is 15.7 Å². The quantitative estimate of drug-likeness (QED) is 0.810. The van der Waals surface area contributed by atoms with Gasteiger partial charge in [0.15, 0.2) is 0 Å². The molecule has 1 heterocycles. The third-order valence-electron chi connectivity index (χ3n) is 4.29. The van der Waals surface area contributed by atoms with Crippen molar-refractivity contribution in [1.29, 1.82) is 0 Å². The highest BCUT2D eigenvalue weighted by Gasteiger charge is 2.49. The summed E-state index contributed by atoms with van der Waals surface area (Å²) in [5.74, 6) is -0.650. The van der Waals surface area contributed by atoms with Gasteiger partial charge in [0.1, 0.15) is 6.04 Å². The molecule has 0 aliphatic carbocycles. The van der Waals surface area contributed by atoms with Crippen molar-refractivity contribution in [3.8, 4) is 0 Å². The Kier molecular flexibility index (Phi) is 5.13. The van der Waals surface area contributed by atoms with Crippen LogP contribution in [0.25, 0.3) is 0 Å². The second kappa shape index (κ2) is 5.93. The van der Waals surface area contributed by atoms with Crippen LogP contribution in [0, 0.1) is 5.41 Å². The van der Waals surface area contributed by atoms with Gasteiger partial charge in [-0.05, 0) is 34.1 Å². The minimum atomic E-state index is -0.935. The molecule has 1 saturated heterocycles. The number of nitrogens with two attached hydrogens (primary N) is 1. The van der Waals surface area contributed by atoms with Gasteiger partial charge in [0, 0.05) is 11.3 Å². The maximum absolute atomic E-state index is 12.9. The first-order valence-electron chi connectivity index (χ1n) is 7.00. The Morgan fingerprint density at radius 2 is 1.90 bits per heavy atom. The topological polar surface area (TPSA) is 83.6 Å². The standard InChI is InChI=1S/C14H26N2O3S/c1-6-7-10-16(9(8-20-10)11(17)18)12(19)13(2,3)14(4,5)15/h9-10H,6-8,15H2,1-5H3,(H,17,18). The van der Waals surface area contributed by atoms with Crippen molar-refractivity contribution >= 4 is 23.6 Å². The van der Waals surface area contributed by atoms with Crippen LogP contribution in [0.3, 0.4) is 0 Å². The molecular weight excluding hydrogens is 276 g/mol. The first-order chi connectivity index (χ1) is 9.04. The third kappa shape index (κ3) is 3.11. The molecule has 116 valence electrons. The van der Waals surface area contributed by atoms with E-state index in [-0.39, 0.29) is 11.3 Å². The largest absolute Gasteiger partial charge is 0.480 e. The van der Waals surface area contributed by atoms with Gasteiger partial charge >= 0.3 is 5.97 Å². The molecule has 6 heteroatoms. The van der Waals surface area contributed by atoms with Crippen molar-refractivity contribution in [3.63, 3.8) is 0 Å². The first-order valence-corrected chi connectivity index (χ1v) is 8.05. The Hall–Kier alpha value is -0.750. The third-order valence-corrected chi connectivity index (χ3v) is 5.65. The molecule has 3 N–H and O–H groups in total. The number of amides is 1. The van der Waals surface area contributed by atoms with E-state index in [2.05, 4.69) is 0 Å². The molecular formula is C14H26N2O3S. The summed E-state index contributed by atoms with van der Waals surface area (Å²) in [6, 6.07) is -0.745. The van der Waals surface area contributed by atoms with Gasteiger partial charge in [-0.25, -0.2) is 4.79 Å². The zero-order valence-corrected chi connectivity index (χ0v) is 13.8. The van der Waals surface area contributed by atoms with Crippen LogP contribution in [0.15, 0.2) is 0 Å². The highest BCUT2D eigenvalue weighted by Crippen LogP contribution is 2.39. The SMILES string of the molecule is CCCC1SCC(C(=O)O)N1C(=O)C(C)(C)C(C)(C)N. The molecule has 0 aromatic heterocycles. The van der Waals surface area contributed by atoms with E-state index < -0.39 is 23.0 Å². The highest BCUT2D eigenvalue weighted by atomic mass is 32.2. The second-order valence-electron chi connectivity index (χ2n) is 6.49. The normalized spacial score (nSPS) is 24.0. The first kappa shape index (κ1) is 17.3. The lowest BCUT2D eigenvalue weighted by molar-refractivity contribution is -0.155. The highest BCUT2D eigenvalue weighted by molar-refractivity contribution is 8.00. The summed E-state index contributed by atoms with van der Waals surface area (Å²) < 4.78 is 0. The van der Waals surface area contributed by atoms with Crippen LogP contribution in [0.2, 0.25) is 0 Å². The molecule has 0 spiro atoms. The maximum atomic E-state index is 12.9. The summed E-state index contributed by atoms with van der Waals surface area (Å²) in [6.07, 6.45) is 1.72. The summed E-state index contributed by atoms with van der Waals surface area (Å²) in [5.41, 5.74) is 4.60. The van der Waals surface area contributed by atoms with Gasteiger partial charge in [-0.2, -0.15) is 0 Å². The Morgan fingerprint density at radius 3 is 2.30 bits per heavy atom. The van der Waals surface area contributed by atoms with Crippen LogP contribution in [0.4, 0.5) is 0 Å². The van der Waals surface area contributed by atoms with E-state index in [4.69, 9.17) is 5.73 Å². The van der Waals surface area contributed by atoms with Gasteiger partial charge in [0.25, 0.3) is 0 Å². The van der Waals surface area contributed by atoms with E-state index in [1.807, 2.05) is 6.92 Å². The molecule has 1 amide bonds. The van der Waals surface area contributed by atoms with Crippen molar-refractivity contribution in [3.05, 3.63) is 0 Å². The predicted octanol–water partition coefficient (Wildman–Crippen LogP) is 1.90. The number of carboxylic acids is 1. The fourth-order valence-electron chi connectivity index (χ4n) is 2.09. The van der Waals surface area contributed by atoms with Gasteiger partial charge in [0.2, 0.25) is 5.91 Å². The van der Waals surface area contributed by atoms with E-state index in [1.165, 1.54) is 0 Å². The molecule has 0 saturated carbocycles. The summed E-state index contributed by atoms with van der Waals surface area (Å²) >= 11 is 1.55. The van der Waals surface area contributed by atoms with Crippen LogP contribution in [0.1, 0.15) is 47.5 Å². The number of hydrogen-bond acceptors (Lipinski definition) is 4. The zero-order chi connectivity index (χ0) is 15.7. The molecule has 0 aromatic rings. The molecule has 0 bridgehead atoms. The van der Waals surface area contributed by atoms with E-state index in [1.54, 1.807) is 44.4 Å². The number of carbonyl (C=O) groups is 2. The number of carbonyl (C=O) groups excluding carboxylic acids is 1. The number of hydrogen-bond donors (Lipinski definition) is 2. The van der Waals surface area contributed by atoms with Crippen LogP contribution in [-0.4, -0.2) is 44.6 Å². The molecule has 1 fully saturated rings. The number of carboxylic acid groups (broad SMARTS) is 1. The summed E-state index contributed by atoms with van der Waals surface area (Å²) in [7, 11) is 0. The van der Waals surface area contributed by atoms with Crippen molar-refractivity contribution in [2.75, 3.05) is 5.75 Å². The lowest BCUT2D eigenvalue weighted by atomic mass is 9.74. The lowest BCUT2D eigenvalue weighted by Crippen LogP contribution is -2.59. The van der Waals surface area contributed by atoms with E-state index in [9.17, 15) is 14.7 Å². The Bertz CT molecular complexity index is 390. The van der Waals surface area contributed by atoms with Crippen LogP contribution in [-0.2, 0) is 9.59 Å². The average Bonchev–Trinajstić information content (AvgIpc) is 2.70. The van der Waals surface area contributed by atoms with Crippen LogP contribution in [0.5, 0.6) is 0 Å². The smallest absolute Gasteiger partial charge is 0.327 e. The molecule has 1 aliphatic heterocycles. The number of rotatable bonds is 5. The fraction of sp³-hybridized carbons (Fsp3) is 0.857. The molecule has 2 atom stereocenters. The molecule has 20 heavy (non-hydrogen) atoms.